The van der Waals surface area contributed by atoms with E-state index in [-0.39, 0.29) is 22.2 Å². The first-order valence-corrected chi connectivity index (χ1v) is 13.8. The molecule has 0 aliphatic carbocycles. The molecule has 2 atom stereocenters. The number of nitrogens with one attached hydrogen (secondary N) is 1. The van der Waals surface area contributed by atoms with Crippen molar-refractivity contribution in [3.8, 4) is 0 Å². The van der Waals surface area contributed by atoms with E-state index in [1.165, 1.54) is 22.0 Å². The molecule has 0 radical (unpaired) electrons. The lowest BCUT2D eigenvalue weighted by molar-refractivity contribution is -0.922. The Morgan fingerprint density at radius 1 is 1.27 bits per heavy atom. The second-order valence-electron chi connectivity index (χ2n) is 9.56. The van der Waals surface area contributed by atoms with Gasteiger partial charge in [0.15, 0.2) is 10.8 Å². The van der Waals surface area contributed by atoms with Crippen LogP contribution in [0.15, 0.2) is 21.8 Å². The van der Waals surface area contributed by atoms with Crippen LogP contribution in [0.2, 0.25) is 0 Å². The summed E-state index contributed by atoms with van der Waals surface area (Å²) < 4.78 is 0.909. The number of β-lactam (4-membered cyclic amide) rings is 1. The van der Waals surface area contributed by atoms with Gasteiger partial charge in [0.1, 0.15) is 29.4 Å². The number of oxime groups is 1. The Morgan fingerprint density at radius 2 is 2.00 bits per heavy atom. The maximum atomic E-state index is 13.1. The number of hydrogen-bond acceptors (Lipinski definition) is 10. The maximum Gasteiger partial charge on any atom is 0.352 e. The highest BCUT2D eigenvalue weighted by molar-refractivity contribution is 8.00. The van der Waals surface area contributed by atoms with Gasteiger partial charge in [0.05, 0.1) is 19.1 Å². The highest BCUT2D eigenvalue weighted by Gasteiger charge is 2.56. The molecular weight excluding hydrogens is 524 g/mol. The molecule has 37 heavy (non-hydrogen) atoms. The van der Waals surface area contributed by atoms with Crippen LogP contribution in [-0.2, 0) is 24.0 Å². The molecule has 1 aromatic heterocycles. The van der Waals surface area contributed by atoms with E-state index in [4.69, 9.17) is 15.7 Å². The molecule has 0 bridgehead atoms. The van der Waals surface area contributed by atoms with Crippen molar-refractivity contribution < 1.29 is 38.7 Å². The number of quaternary nitrogens is 1. The van der Waals surface area contributed by atoms with Gasteiger partial charge in [-0.1, -0.05) is 5.16 Å². The van der Waals surface area contributed by atoms with Crippen molar-refractivity contribution in [1.82, 2.24) is 15.2 Å². The fraction of sp³-hybridized carbons (Fsp3) is 0.545. The van der Waals surface area contributed by atoms with Gasteiger partial charge in [-0.3, -0.25) is 14.5 Å². The van der Waals surface area contributed by atoms with E-state index in [9.17, 15) is 24.3 Å². The van der Waals surface area contributed by atoms with Crippen molar-refractivity contribution in [2.24, 2.45) is 5.16 Å². The summed E-state index contributed by atoms with van der Waals surface area (Å²) in [6, 6.07) is -0.419. The fourth-order valence-corrected chi connectivity index (χ4v) is 7.77. The number of aliphatic carboxylic acids is 2. The van der Waals surface area contributed by atoms with Gasteiger partial charge >= 0.3 is 11.9 Å². The van der Waals surface area contributed by atoms with Crippen LogP contribution in [0.4, 0.5) is 5.13 Å². The first-order chi connectivity index (χ1) is 17.7. The summed E-state index contributed by atoms with van der Waals surface area (Å²) in [6.07, 6.45) is 4.59. The maximum absolute atomic E-state index is 13.1. The lowest BCUT2D eigenvalue weighted by atomic mass is 10.0. The zero-order chi connectivity index (χ0) is 26.3. The van der Waals surface area contributed by atoms with Crippen molar-refractivity contribution in [2.45, 2.75) is 43.1 Å². The highest BCUT2D eigenvalue weighted by atomic mass is 32.2. The fourth-order valence-electron chi connectivity index (χ4n) is 5.89. The largest absolute Gasteiger partial charge is 0.479 e. The van der Waals surface area contributed by atoms with Crippen LogP contribution in [0.3, 0.4) is 0 Å². The van der Waals surface area contributed by atoms with Gasteiger partial charge in [-0.15, -0.1) is 23.1 Å². The van der Waals surface area contributed by atoms with Crippen molar-refractivity contribution in [1.29, 1.82) is 0 Å². The Labute approximate surface area is 219 Å². The first kappa shape index (κ1) is 25.5. The first-order valence-electron chi connectivity index (χ1n) is 11.9. The van der Waals surface area contributed by atoms with Crippen LogP contribution in [0.1, 0.15) is 31.4 Å². The average molecular weight is 552 g/mol. The molecule has 2 amide bonds. The lowest BCUT2D eigenvalue weighted by Crippen LogP contribution is -2.71. The van der Waals surface area contributed by atoms with Crippen molar-refractivity contribution >= 4 is 57.7 Å². The van der Waals surface area contributed by atoms with E-state index in [0.29, 0.717) is 18.3 Å². The molecule has 1 aromatic rings. The third kappa shape index (κ3) is 4.66. The third-order valence-corrected chi connectivity index (χ3v) is 9.44. The van der Waals surface area contributed by atoms with Gasteiger partial charge in [-0.2, -0.15) is 0 Å². The van der Waals surface area contributed by atoms with Crippen LogP contribution in [0.25, 0.3) is 0 Å². The summed E-state index contributed by atoms with van der Waals surface area (Å²) in [5.74, 6) is -3.30. The van der Waals surface area contributed by atoms with Crippen LogP contribution >= 0.6 is 23.1 Å². The molecule has 5 heterocycles. The van der Waals surface area contributed by atoms with Gasteiger partial charge in [-0.05, 0) is 0 Å². The number of thiazole rings is 1. The molecule has 0 unspecified atom stereocenters. The zero-order valence-electron chi connectivity index (χ0n) is 19.8. The molecule has 0 spiro atoms. The number of carboxylic acid groups (broad SMARTS) is 2. The van der Waals surface area contributed by atoms with Crippen molar-refractivity contribution in [3.63, 3.8) is 0 Å². The number of carbonyl (C=O) groups is 4. The molecule has 13 nitrogen and oxygen atoms in total. The summed E-state index contributed by atoms with van der Waals surface area (Å²) in [6.45, 7) is 1.93. The van der Waals surface area contributed by atoms with Crippen molar-refractivity contribution in [2.75, 3.05) is 37.7 Å². The molecule has 4 aliphatic heterocycles. The minimum Gasteiger partial charge on any atom is -0.479 e. The number of amides is 2. The number of rotatable bonds is 9. The van der Waals surface area contributed by atoms with Crippen LogP contribution in [-0.4, -0.2) is 103 Å². The van der Waals surface area contributed by atoms with Gasteiger partial charge in [0.2, 0.25) is 6.61 Å². The molecule has 5 N–H and O–H groups in total. The SMILES string of the molecule is Nc1nc(/C(=N/OCC(=O)O)C(=O)N[C@@H]2C(=O)N3C(C(=O)O)=C(C[N+]45CCCC4CCC5)CS[C@H]23)cs1. The van der Waals surface area contributed by atoms with Crippen LogP contribution in [0.5, 0.6) is 0 Å². The summed E-state index contributed by atoms with van der Waals surface area (Å²) in [5.41, 5.74) is 6.17. The van der Waals surface area contributed by atoms with Gasteiger partial charge in [-0.25, -0.2) is 14.6 Å². The zero-order valence-corrected chi connectivity index (χ0v) is 21.4. The number of hydrogen-bond donors (Lipinski definition) is 4. The molecule has 3 fully saturated rings. The number of anilines is 1. The Hall–Kier alpha value is -3.17. The topological polar surface area (TPSA) is 185 Å². The number of nitrogen functional groups attached to an aromatic ring is 1. The van der Waals surface area contributed by atoms with Crippen LogP contribution in [0, 0.1) is 0 Å². The number of aromatic nitrogens is 1. The average Bonchev–Trinajstić information content (AvgIpc) is 3.55. The Kier molecular flexibility index (Phi) is 6.85. The predicted octanol–water partition coefficient (Wildman–Crippen LogP) is 0.0422. The quantitative estimate of drug-likeness (QED) is 0.141. The van der Waals surface area contributed by atoms with E-state index < -0.39 is 41.8 Å². The summed E-state index contributed by atoms with van der Waals surface area (Å²) in [5, 5.41) is 26.1. The number of nitrogens with two attached hydrogens (primary N) is 1. The lowest BCUT2D eigenvalue weighted by Gasteiger charge is -2.50. The standard InChI is InChI=1S/C22H26N6O7S2/c23-22-24-13(10-37-22)15(26-35-8-14(29)30)18(31)25-16-19(32)27-17(21(33)34)11(9-36-20(16)27)7-28-5-1-3-12(28)4-2-6-28/h10,12,16,20H,1-9H2,(H4-,23,24,25,29,30,31,33,34)/p+1/b26-15-/t12?,16-,20-,28?/m1/s1. The minimum atomic E-state index is -1.28. The molecule has 3 saturated heterocycles. The van der Waals surface area contributed by atoms with E-state index in [1.807, 2.05) is 0 Å². The number of carbonyl (C=O) groups excluding carboxylic acids is 2. The molecule has 0 aromatic carbocycles. The summed E-state index contributed by atoms with van der Waals surface area (Å²) in [7, 11) is 0. The van der Waals surface area contributed by atoms with Gasteiger partial charge in [0.25, 0.3) is 11.8 Å². The molecule has 0 saturated carbocycles. The molecule has 198 valence electrons. The van der Waals surface area contributed by atoms with E-state index in [1.54, 1.807) is 0 Å². The molecular formula is C22H27N6O7S2+. The van der Waals surface area contributed by atoms with Gasteiger partial charge in [0, 0.05) is 42.4 Å². The van der Waals surface area contributed by atoms with E-state index in [2.05, 4.69) is 15.5 Å². The number of fused-ring (bicyclic) bond motifs is 2. The number of nitrogens with zero attached hydrogens (tertiary/aromatic N) is 4. The summed E-state index contributed by atoms with van der Waals surface area (Å²) >= 11 is 2.47. The second-order valence-corrected chi connectivity index (χ2v) is 11.6. The minimum absolute atomic E-state index is 0.0234. The van der Waals surface area contributed by atoms with Gasteiger partial charge < -0.3 is 30.6 Å². The second kappa shape index (κ2) is 9.95. The van der Waals surface area contributed by atoms with Crippen LogP contribution < -0.4 is 11.1 Å². The third-order valence-electron chi connectivity index (χ3n) is 7.42. The molecule has 4 aliphatic rings. The number of carboxylic acids is 2. The summed E-state index contributed by atoms with van der Waals surface area (Å²) in [4.78, 5) is 59.2. The monoisotopic (exact) mass is 551 g/mol. The predicted molar refractivity (Wildman–Crippen MR) is 133 cm³/mol. The normalized spacial score (nSPS) is 29.0. The highest BCUT2D eigenvalue weighted by Crippen LogP contribution is 2.43. The smallest absolute Gasteiger partial charge is 0.352 e. The Morgan fingerprint density at radius 3 is 2.62 bits per heavy atom. The molecule has 15 heteroatoms. The Balaban J connectivity index is 1.33. The van der Waals surface area contributed by atoms with E-state index >= 15 is 0 Å². The Bertz CT molecular complexity index is 1200. The number of thioether (sulfide) groups is 1. The van der Waals surface area contributed by atoms with E-state index in [0.717, 1.165) is 60.2 Å². The molecule has 5 rings (SSSR count). The van der Waals surface area contributed by atoms with Crippen molar-refractivity contribution in [3.05, 3.63) is 22.3 Å².